The van der Waals surface area contributed by atoms with Crippen LogP contribution in [0.2, 0.25) is 0 Å². The minimum Gasteiger partial charge on any atom is -0.459 e. The third-order valence-corrected chi connectivity index (χ3v) is 8.08. The Morgan fingerprint density at radius 2 is 1.76 bits per heavy atom. The summed E-state index contributed by atoms with van der Waals surface area (Å²) < 4.78 is 6.03. The highest BCUT2D eigenvalue weighted by molar-refractivity contribution is 8.00. The SMILES string of the molecule is CC(C)c1[nH]nc(O[C@@H]2S[C@H](CO)[C@@H](O)[C@H](O)[C@H]2O)c1Cc1ccc(CCCC(=O)NC(C)(C)CO)cc1. The van der Waals surface area contributed by atoms with E-state index in [9.17, 15) is 30.3 Å². The van der Waals surface area contributed by atoms with E-state index in [2.05, 4.69) is 15.5 Å². The highest BCUT2D eigenvalue weighted by Crippen LogP contribution is 2.36. The summed E-state index contributed by atoms with van der Waals surface area (Å²) in [5, 5.41) is 59.1. The van der Waals surface area contributed by atoms with E-state index < -0.39 is 34.5 Å². The lowest BCUT2D eigenvalue weighted by Crippen LogP contribution is -2.55. The number of nitrogens with one attached hydrogen (secondary N) is 2. The molecule has 1 amide bonds. The summed E-state index contributed by atoms with van der Waals surface area (Å²) in [6.07, 6.45) is -1.69. The number of ether oxygens (including phenoxy) is 1. The van der Waals surface area contributed by atoms with Gasteiger partial charge < -0.3 is 35.6 Å². The van der Waals surface area contributed by atoms with Gasteiger partial charge in [-0.25, -0.2) is 0 Å². The molecular weight excluding hydrogens is 510 g/mol. The number of hydrogen-bond donors (Lipinski definition) is 7. The number of carbonyl (C=O) groups excluding carboxylic acids is 1. The molecule has 1 aliphatic heterocycles. The molecule has 1 fully saturated rings. The Labute approximate surface area is 227 Å². The molecule has 11 heteroatoms. The van der Waals surface area contributed by atoms with Crippen molar-refractivity contribution in [2.45, 2.75) is 93.8 Å². The average Bonchev–Trinajstić information content (AvgIpc) is 3.27. The minimum atomic E-state index is -1.44. The van der Waals surface area contributed by atoms with Crippen LogP contribution in [0, 0.1) is 0 Å². The van der Waals surface area contributed by atoms with Crippen LogP contribution in [0.25, 0.3) is 0 Å². The monoisotopic (exact) mass is 551 g/mol. The molecule has 0 spiro atoms. The molecule has 1 aromatic heterocycles. The molecule has 5 atom stereocenters. The molecule has 212 valence electrons. The summed E-state index contributed by atoms with van der Waals surface area (Å²) in [7, 11) is 0. The molecule has 0 aliphatic carbocycles. The zero-order chi connectivity index (χ0) is 28.0. The van der Waals surface area contributed by atoms with Crippen molar-refractivity contribution in [1.82, 2.24) is 15.5 Å². The van der Waals surface area contributed by atoms with E-state index in [-0.39, 0.29) is 25.0 Å². The molecule has 1 saturated heterocycles. The Bertz CT molecular complexity index is 1040. The second-order valence-corrected chi connectivity index (χ2v) is 12.2. The van der Waals surface area contributed by atoms with Crippen LogP contribution in [0.15, 0.2) is 24.3 Å². The number of hydrogen-bond acceptors (Lipinski definition) is 9. The Hall–Kier alpha value is -2.15. The number of H-pyrrole nitrogens is 1. The minimum absolute atomic E-state index is 0.0806. The van der Waals surface area contributed by atoms with Gasteiger partial charge in [0, 0.05) is 24.1 Å². The molecule has 3 rings (SSSR count). The van der Waals surface area contributed by atoms with Gasteiger partial charge >= 0.3 is 0 Å². The molecule has 38 heavy (non-hydrogen) atoms. The summed E-state index contributed by atoms with van der Waals surface area (Å²) >= 11 is 1.07. The van der Waals surface area contributed by atoms with Crippen molar-refractivity contribution in [2.24, 2.45) is 0 Å². The van der Waals surface area contributed by atoms with Gasteiger partial charge in [0.05, 0.1) is 30.1 Å². The van der Waals surface area contributed by atoms with Crippen molar-refractivity contribution in [3.8, 4) is 5.88 Å². The quantitative estimate of drug-likeness (QED) is 0.205. The van der Waals surface area contributed by atoms with E-state index >= 15 is 0 Å². The fraction of sp³-hybridized carbons (Fsp3) is 0.630. The number of aryl methyl sites for hydroxylation is 1. The van der Waals surface area contributed by atoms with Gasteiger partial charge in [-0.1, -0.05) is 38.1 Å². The van der Waals surface area contributed by atoms with E-state index in [0.717, 1.165) is 40.6 Å². The molecule has 1 aliphatic rings. The predicted octanol–water partition coefficient (Wildman–Crippen LogP) is 1.23. The first-order valence-electron chi connectivity index (χ1n) is 13.0. The summed E-state index contributed by atoms with van der Waals surface area (Å²) in [6.45, 7) is 7.15. The lowest BCUT2D eigenvalue weighted by Gasteiger charge is -2.38. The zero-order valence-corrected chi connectivity index (χ0v) is 23.2. The van der Waals surface area contributed by atoms with Crippen LogP contribution in [0.3, 0.4) is 0 Å². The zero-order valence-electron chi connectivity index (χ0n) is 22.4. The van der Waals surface area contributed by atoms with E-state index in [4.69, 9.17) is 4.74 Å². The Balaban J connectivity index is 1.65. The van der Waals surface area contributed by atoms with Crippen molar-refractivity contribution in [2.75, 3.05) is 13.2 Å². The third kappa shape index (κ3) is 7.71. The average molecular weight is 552 g/mol. The van der Waals surface area contributed by atoms with Crippen LogP contribution in [0.1, 0.15) is 68.8 Å². The third-order valence-electron chi connectivity index (χ3n) is 6.66. The first-order chi connectivity index (χ1) is 18.0. The van der Waals surface area contributed by atoms with Gasteiger partial charge in [0.25, 0.3) is 0 Å². The molecule has 0 radical (unpaired) electrons. The second-order valence-electron chi connectivity index (χ2n) is 10.8. The Morgan fingerprint density at radius 3 is 2.37 bits per heavy atom. The summed E-state index contributed by atoms with van der Waals surface area (Å²) in [5.74, 6) is 0.368. The molecule has 10 nitrogen and oxygen atoms in total. The molecule has 1 aromatic carbocycles. The largest absolute Gasteiger partial charge is 0.459 e. The van der Waals surface area contributed by atoms with Gasteiger partial charge in [0.15, 0.2) is 5.44 Å². The Kier molecular flexibility index (Phi) is 10.6. The van der Waals surface area contributed by atoms with Crippen molar-refractivity contribution in [1.29, 1.82) is 0 Å². The van der Waals surface area contributed by atoms with E-state index in [1.165, 1.54) is 0 Å². The van der Waals surface area contributed by atoms with Crippen molar-refractivity contribution in [3.05, 3.63) is 46.6 Å². The van der Waals surface area contributed by atoms with Gasteiger partial charge in [-0.05, 0) is 43.7 Å². The number of benzene rings is 1. The van der Waals surface area contributed by atoms with Gasteiger partial charge in [0.2, 0.25) is 11.8 Å². The first-order valence-corrected chi connectivity index (χ1v) is 13.9. The fourth-order valence-corrected chi connectivity index (χ4v) is 5.56. The van der Waals surface area contributed by atoms with Crippen LogP contribution in [0.4, 0.5) is 0 Å². The van der Waals surface area contributed by atoms with Gasteiger partial charge in [0.1, 0.15) is 12.2 Å². The molecular formula is C27H41N3O7S. The number of thioether (sulfide) groups is 1. The van der Waals surface area contributed by atoms with Crippen LogP contribution in [-0.2, 0) is 17.6 Å². The standard InChI is InChI=1S/C27H41N3O7S/c1-15(2)21-18(25(30-29-21)37-26-24(36)23(35)22(34)19(13-31)38-26)12-17-10-8-16(9-11-17)6-5-7-20(33)28-27(3,4)14-32/h8-11,15,19,22-24,26,31-32,34-36H,5-7,12-14H2,1-4H3,(H,28,33)(H,29,30)/t19-,22-,23+,24-,26-/m1/s1. The first kappa shape index (κ1) is 30.4. The van der Waals surface area contributed by atoms with Crippen molar-refractivity contribution >= 4 is 17.7 Å². The second kappa shape index (κ2) is 13.3. The number of aliphatic hydroxyl groups excluding tert-OH is 5. The smallest absolute Gasteiger partial charge is 0.237 e. The number of aliphatic hydroxyl groups is 5. The van der Waals surface area contributed by atoms with Crippen LogP contribution >= 0.6 is 11.8 Å². The number of nitrogens with zero attached hydrogens (tertiary/aromatic N) is 1. The highest BCUT2D eigenvalue weighted by Gasteiger charge is 2.44. The van der Waals surface area contributed by atoms with Crippen LogP contribution in [-0.4, -0.2) is 89.4 Å². The van der Waals surface area contributed by atoms with Gasteiger partial charge in [-0.15, -0.1) is 16.9 Å². The van der Waals surface area contributed by atoms with Crippen LogP contribution < -0.4 is 10.1 Å². The maximum absolute atomic E-state index is 12.1. The molecule has 7 N–H and O–H groups in total. The fourth-order valence-electron chi connectivity index (χ4n) is 4.34. The molecule has 2 aromatic rings. The van der Waals surface area contributed by atoms with Crippen LogP contribution in [0.5, 0.6) is 5.88 Å². The summed E-state index contributed by atoms with van der Waals surface area (Å²) in [5.41, 5.74) is 2.35. The molecule has 0 saturated carbocycles. The predicted molar refractivity (Wildman–Crippen MR) is 145 cm³/mol. The number of amides is 1. The van der Waals surface area contributed by atoms with E-state index in [1.54, 1.807) is 13.8 Å². The summed E-state index contributed by atoms with van der Waals surface area (Å²) in [4.78, 5) is 12.1. The number of carbonyl (C=O) groups is 1. The maximum Gasteiger partial charge on any atom is 0.237 e. The topological polar surface area (TPSA) is 168 Å². The summed E-state index contributed by atoms with van der Waals surface area (Å²) in [6, 6.07) is 8.12. The maximum atomic E-state index is 12.1. The molecule has 0 bridgehead atoms. The van der Waals surface area contributed by atoms with Crippen molar-refractivity contribution < 1.29 is 35.1 Å². The van der Waals surface area contributed by atoms with E-state index in [1.807, 2.05) is 38.1 Å². The number of aromatic nitrogens is 2. The highest BCUT2D eigenvalue weighted by atomic mass is 32.2. The number of aromatic amines is 1. The van der Waals surface area contributed by atoms with E-state index in [0.29, 0.717) is 25.1 Å². The molecule has 2 heterocycles. The normalized spacial score (nSPS) is 24.0. The lowest BCUT2D eigenvalue weighted by atomic mass is 9.98. The van der Waals surface area contributed by atoms with Crippen molar-refractivity contribution in [3.63, 3.8) is 0 Å². The molecule has 0 unspecified atom stereocenters. The Morgan fingerprint density at radius 1 is 1.11 bits per heavy atom. The van der Waals surface area contributed by atoms with Gasteiger partial charge in [-0.3, -0.25) is 9.89 Å². The number of rotatable bonds is 12. The lowest BCUT2D eigenvalue weighted by molar-refractivity contribution is -0.123. The van der Waals surface area contributed by atoms with Gasteiger partial charge in [-0.2, -0.15) is 0 Å².